The Morgan fingerprint density at radius 2 is 1.95 bits per heavy atom. The number of amides is 1. The van der Waals surface area contributed by atoms with Crippen LogP contribution in [0.1, 0.15) is 37.7 Å². The molecule has 1 aromatic heterocycles. The zero-order chi connectivity index (χ0) is 15.4. The third-order valence-electron chi connectivity index (χ3n) is 4.16. The van der Waals surface area contributed by atoms with Crippen LogP contribution in [0.2, 0.25) is 0 Å². The van der Waals surface area contributed by atoms with Crippen LogP contribution in [0.4, 0.5) is 5.69 Å². The molecule has 118 valence electrons. The summed E-state index contributed by atoms with van der Waals surface area (Å²) < 4.78 is 1.93. The molecule has 0 radical (unpaired) electrons. The number of nitrogens with zero attached hydrogens (tertiary/aromatic N) is 3. The fourth-order valence-electron chi connectivity index (χ4n) is 2.75. The molecule has 2 N–H and O–H groups in total. The number of aryl methyl sites for hydroxylation is 1. The van der Waals surface area contributed by atoms with Crippen LogP contribution in [-0.2, 0) is 6.54 Å². The van der Waals surface area contributed by atoms with E-state index in [-0.39, 0.29) is 5.91 Å². The molecule has 1 aliphatic heterocycles. The number of anilines is 1. The lowest BCUT2D eigenvalue weighted by atomic mass is 10.1. The molecule has 0 aliphatic carbocycles. The molecule has 1 aliphatic rings. The summed E-state index contributed by atoms with van der Waals surface area (Å²) in [6.45, 7) is 12.0. The van der Waals surface area contributed by atoms with Gasteiger partial charge in [0.25, 0.3) is 5.91 Å². The molecule has 0 saturated carbocycles. The second-order valence-electron chi connectivity index (χ2n) is 6.26. The molecule has 1 amide bonds. The van der Waals surface area contributed by atoms with Crippen molar-refractivity contribution in [2.75, 3.05) is 38.5 Å². The van der Waals surface area contributed by atoms with Gasteiger partial charge in [-0.1, -0.05) is 13.8 Å². The summed E-state index contributed by atoms with van der Waals surface area (Å²) in [4.78, 5) is 17.0. The smallest absolute Gasteiger partial charge is 0.270 e. The highest BCUT2D eigenvalue weighted by Crippen LogP contribution is 2.15. The van der Waals surface area contributed by atoms with E-state index in [2.05, 4.69) is 18.7 Å². The summed E-state index contributed by atoms with van der Waals surface area (Å²) >= 11 is 0. The van der Waals surface area contributed by atoms with Crippen molar-refractivity contribution in [1.82, 2.24) is 14.4 Å². The van der Waals surface area contributed by atoms with E-state index in [0.717, 1.165) is 45.2 Å². The van der Waals surface area contributed by atoms with E-state index in [1.54, 1.807) is 6.07 Å². The average molecular weight is 292 g/mol. The number of hydrogen-bond acceptors (Lipinski definition) is 3. The molecule has 1 saturated heterocycles. The van der Waals surface area contributed by atoms with E-state index in [9.17, 15) is 4.79 Å². The molecule has 2 rings (SSSR count). The van der Waals surface area contributed by atoms with Crippen LogP contribution in [0.25, 0.3) is 0 Å². The second kappa shape index (κ2) is 6.98. The minimum absolute atomic E-state index is 0.108. The summed E-state index contributed by atoms with van der Waals surface area (Å²) in [5.41, 5.74) is 7.19. The topological polar surface area (TPSA) is 54.5 Å². The molecule has 1 aromatic rings. The highest BCUT2D eigenvalue weighted by atomic mass is 16.2. The number of hydrogen-bond donors (Lipinski definition) is 1. The van der Waals surface area contributed by atoms with Gasteiger partial charge in [-0.25, -0.2) is 0 Å². The van der Waals surface area contributed by atoms with Crippen molar-refractivity contribution < 1.29 is 4.79 Å². The first-order valence-corrected chi connectivity index (χ1v) is 7.98. The summed E-state index contributed by atoms with van der Waals surface area (Å²) in [6.07, 6.45) is 3.06. The molecule has 0 aromatic carbocycles. The molecular weight excluding hydrogens is 264 g/mol. The van der Waals surface area contributed by atoms with Crippen LogP contribution in [0.15, 0.2) is 12.3 Å². The Labute approximate surface area is 127 Å². The molecule has 0 spiro atoms. The lowest BCUT2D eigenvalue weighted by molar-refractivity contribution is 0.0621. The average Bonchev–Trinajstić information content (AvgIpc) is 2.86. The van der Waals surface area contributed by atoms with Crippen molar-refractivity contribution in [2.45, 2.75) is 33.7 Å². The first kappa shape index (κ1) is 15.9. The quantitative estimate of drug-likeness (QED) is 0.901. The standard InChI is InChI=1S/C16H28N4O/c1-4-19-12-14(17)11-15(19)16(21)20-9-7-18(8-10-20)6-5-13(2)3/h11-13H,4-10,17H2,1-3H3. The molecule has 2 heterocycles. The molecule has 5 nitrogen and oxygen atoms in total. The second-order valence-corrected chi connectivity index (χ2v) is 6.26. The maximum Gasteiger partial charge on any atom is 0.270 e. The van der Waals surface area contributed by atoms with Gasteiger partial charge in [0.05, 0.1) is 5.69 Å². The minimum Gasteiger partial charge on any atom is -0.397 e. The van der Waals surface area contributed by atoms with Crippen molar-refractivity contribution in [3.8, 4) is 0 Å². The van der Waals surface area contributed by atoms with Crippen molar-refractivity contribution in [2.24, 2.45) is 5.92 Å². The predicted octanol–water partition coefficient (Wildman–Crippen LogP) is 1.89. The maximum atomic E-state index is 12.6. The van der Waals surface area contributed by atoms with Crippen LogP contribution >= 0.6 is 0 Å². The monoisotopic (exact) mass is 292 g/mol. The SMILES string of the molecule is CCn1cc(N)cc1C(=O)N1CCN(CCC(C)C)CC1. The first-order valence-electron chi connectivity index (χ1n) is 7.98. The summed E-state index contributed by atoms with van der Waals surface area (Å²) in [7, 11) is 0. The number of carbonyl (C=O) groups is 1. The molecule has 5 heteroatoms. The van der Waals surface area contributed by atoms with E-state index in [0.29, 0.717) is 11.4 Å². The molecule has 1 fully saturated rings. The van der Waals surface area contributed by atoms with Gasteiger partial charge in [-0.15, -0.1) is 0 Å². The Morgan fingerprint density at radius 1 is 1.29 bits per heavy atom. The van der Waals surface area contributed by atoms with Gasteiger partial charge in [0.1, 0.15) is 5.69 Å². The number of piperazine rings is 1. The fraction of sp³-hybridized carbons (Fsp3) is 0.688. The first-order chi connectivity index (χ1) is 10.0. The Kier molecular flexibility index (Phi) is 5.28. The highest BCUT2D eigenvalue weighted by Gasteiger charge is 2.24. The van der Waals surface area contributed by atoms with Crippen molar-refractivity contribution >= 4 is 11.6 Å². The lowest BCUT2D eigenvalue weighted by Gasteiger charge is -2.35. The van der Waals surface area contributed by atoms with Gasteiger partial charge in [0.15, 0.2) is 0 Å². The van der Waals surface area contributed by atoms with Gasteiger partial charge in [0, 0.05) is 38.9 Å². The normalized spacial score (nSPS) is 16.7. The largest absolute Gasteiger partial charge is 0.397 e. The van der Waals surface area contributed by atoms with Crippen LogP contribution in [0, 0.1) is 5.92 Å². The molecule has 0 unspecified atom stereocenters. The Balaban J connectivity index is 1.91. The Hall–Kier alpha value is -1.49. The minimum atomic E-state index is 0.108. The zero-order valence-electron chi connectivity index (χ0n) is 13.5. The van der Waals surface area contributed by atoms with Crippen LogP contribution in [0.3, 0.4) is 0 Å². The molecular formula is C16H28N4O. The number of rotatable bonds is 5. The summed E-state index contributed by atoms with van der Waals surface area (Å²) in [5, 5.41) is 0. The number of aromatic nitrogens is 1. The summed E-state index contributed by atoms with van der Waals surface area (Å²) in [6, 6.07) is 1.79. The Morgan fingerprint density at radius 3 is 2.52 bits per heavy atom. The molecule has 0 bridgehead atoms. The predicted molar refractivity (Wildman–Crippen MR) is 86.3 cm³/mol. The van der Waals surface area contributed by atoms with Crippen molar-refractivity contribution in [3.63, 3.8) is 0 Å². The van der Waals surface area contributed by atoms with E-state index in [4.69, 9.17) is 5.73 Å². The van der Waals surface area contributed by atoms with E-state index >= 15 is 0 Å². The fourth-order valence-corrected chi connectivity index (χ4v) is 2.75. The number of nitrogens with two attached hydrogens (primary N) is 1. The van der Waals surface area contributed by atoms with E-state index in [1.165, 1.54) is 6.42 Å². The number of nitrogen functional groups attached to an aromatic ring is 1. The van der Waals surface area contributed by atoms with Gasteiger partial charge in [-0.2, -0.15) is 0 Å². The highest BCUT2D eigenvalue weighted by molar-refractivity contribution is 5.94. The van der Waals surface area contributed by atoms with Crippen LogP contribution in [0.5, 0.6) is 0 Å². The molecule has 21 heavy (non-hydrogen) atoms. The van der Waals surface area contributed by atoms with Gasteiger partial charge in [-0.05, 0) is 31.9 Å². The summed E-state index contributed by atoms with van der Waals surface area (Å²) in [5.74, 6) is 0.845. The van der Waals surface area contributed by atoms with E-state index < -0.39 is 0 Å². The van der Waals surface area contributed by atoms with Crippen molar-refractivity contribution in [1.29, 1.82) is 0 Å². The van der Waals surface area contributed by atoms with E-state index in [1.807, 2.05) is 22.6 Å². The maximum absolute atomic E-state index is 12.6. The van der Waals surface area contributed by atoms with Gasteiger partial charge in [0.2, 0.25) is 0 Å². The number of carbonyl (C=O) groups excluding carboxylic acids is 1. The van der Waals surface area contributed by atoms with Gasteiger partial charge >= 0.3 is 0 Å². The van der Waals surface area contributed by atoms with Crippen molar-refractivity contribution in [3.05, 3.63) is 18.0 Å². The van der Waals surface area contributed by atoms with Crippen LogP contribution in [-0.4, -0.2) is 53.0 Å². The third-order valence-corrected chi connectivity index (χ3v) is 4.16. The molecule has 0 atom stereocenters. The van der Waals surface area contributed by atoms with Gasteiger partial charge < -0.3 is 15.2 Å². The zero-order valence-corrected chi connectivity index (χ0v) is 13.5. The third kappa shape index (κ3) is 4.00. The lowest BCUT2D eigenvalue weighted by Crippen LogP contribution is -2.49. The van der Waals surface area contributed by atoms with Gasteiger partial charge in [-0.3, -0.25) is 9.69 Å². The Bertz CT molecular complexity index is 473. The van der Waals surface area contributed by atoms with Crippen LogP contribution < -0.4 is 5.73 Å².